The van der Waals surface area contributed by atoms with Gasteiger partial charge >= 0.3 is 0 Å². The Labute approximate surface area is 124 Å². The molecule has 2 heterocycles. The smallest absolute Gasteiger partial charge is 0.244 e. The van der Waals surface area contributed by atoms with Crippen LogP contribution in [-0.4, -0.2) is 61.9 Å². The minimum atomic E-state index is -3.65. The third kappa shape index (κ3) is 4.19. The van der Waals surface area contributed by atoms with Crippen molar-refractivity contribution in [2.45, 2.75) is 17.7 Å². The summed E-state index contributed by atoms with van der Waals surface area (Å²) in [4.78, 5) is 5.75. The molecule has 1 fully saturated rings. The largest absolute Gasteiger partial charge is 0.330 e. The zero-order chi connectivity index (χ0) is 15.3. The Morgan fingerprint density at radius 1 is 1.19 bits per heavy atom. The molecular weight excluding hydrogens is 295 g/mol. The van der Waals surface area contributed by atoms with Gasteiger partial charge in [-0.15, -0.1) is 0 Å². The van der Waals surface area contributed by atoms with Crippen molar-refractivity contribution in [1.82, 2.24) is 14.2 Å². The van der Waals surface area contributed by atoms with E-state index in [1.807, 2.05) is 0 Å². The van der Waals surface area contributed by atoms with Crippen molar-refractivity contribution in [2.75, 3.05) is 39.3 Å². The SMILES string of the molecule is NCCCCN1CCN(S(=O)(=O)c2cncc(F)c2)CC1. The Bertz CT molecular complexity index is 559. The normalized spacial score (nSPS) is 18.0. The van der Waals surface area contributed by atoms with Crippen molar-refractivity contribution in [2.24, 2.45) is 5.73 Å². The van der Waals surface area contributed by atoms with Gasteiger partial charge in [0.25, 0.3) is 0 Å². The van der Waals surface area contributed by atoms with E-state index < -0.39 is 15.8 Å². The quantitative estimate of drug-likeness (QED) is 0.762. The molecule has 21 heavy (non-hydrogen) atoms. The second-order valence-corrected chi connectivity index (χ2v) is 7.02. The highest BCUT2D eigenvalue weighted by Gasteiger charge is 2.28. The summed E-state index contributed by atoms with van der Waals surface area (Å²) in [5.74, 6) is -0.642. The number of sulfonamides is 1. The average molecular weight is 316 g/mol. The maximum atomic E-state index is 13.1. The zero-order valence-corrected chi connectivity index (χ0v) is 12.7. The number of hydrogen-bond acceptors (Lipinski definition) is 5. The summed E-state index contributed by atoms with van der Waals surface area (Å²) < 4.78 is 39.3. The summed E-state index contributed by atoms with van der Waals surface area (Å²) >= 11 is 0. The van der Waals surface area contributed by atoms with Crippen molar-refractivity contribution < 1.29 is 12.8 Å². The van der Waals surface area contributed by atoms with Gasteiger partial charge in [0, 0.05) is 32.4 Å². The van der Waals surface area contributed by atoms with Crippen molar-refractivity contribution in [1.29, 1.82) is 0 Å². The molecule has 1 aliphatic heterocycles. The van der Waals surface area contributed by atoms with E-state index in [1.165, 1.54) is 10.5 Å². The summed E-state index contributed by atoms with van der Waals surface area (Å²) in [5, 5.41) is 0. The van der Waals surface area contributed by atoms with Crippen LogP contribution in [0.3, 0.4) is 0 Å². The van der Waals surface area contributed by atoms with E-state index in [0.717, 1.165) is 31.6 Å². The topological polar surface area (TPSA) is 79.5 Å². The molecule has 6 nitrogen and oxygen atoms in total. The summed E-state index contributed by atoms with van der Waals surface area (Å²) in [6.07, 6.45) is 4.19. The van der Waals surface area contributed by atoms with Crippen molar-refractivity contribution in [3.63, 3.8) is 0 Å². The lowest BCUT2D eigenvalue weighted by atomic mass is 10.2. The lowest BCUT2D eigenvalue weighted by Gasteiger charge is -2.33. The van der Waals surface area contributed by atoms with Gasteiger partial charge in [0.2, 0.25) is 10.0 Å². The van der Waals surface area contributed by atoms with Crippen LogP contribution in [0.2, 0.25) is 0 Å². The first kappa shape index (κ1) is 16.3. The molecule has 2 N–H and O–H groups in total. The molecule has 0 aromatic carbocycles. The molecule has 0 amide bonds. The van der Waals surface area contributed by atoms with Gasteiger partial charge in [0.05, 0.1) is 6.20 Å². The maximum absolute atomic E-state index is 13.1. The highest BCUT2D eigenvalue weighted by Crippen LogP contribution is 2.17. The highest BCUT2D eigenvalue weighted by molar-refractivity contribution is 7.89. The van der Waals surface area contributed by atoms with Crippen LogP contribution >= 0.6 is 0 Å². The first-order valence-corrected chi connectivity index (χ1v) is 8.51. The molecule has 0 atom stereocenters. The molecule has 118 valence electrons. The van der Waals surface area contributed by atoms with E-state index in [9.17, 15) is 12.8 Å². The van der Waals surface area contributed by atoms with Crippen LogP contribution < -0.4 is 5.73 Å². The summed E-state index contributed by atoms with van der Waals surface area (Å²) in [6, 6.07) is 1.01. The Hall–Kier alpha value is -1.09. The molecule has 1 aromatic rings. The molecule has 0 unspecified atom stereocenters. The van der Waals surface area contributed by atoms with Crippen LogP contribution in [0.4, 0.5) is 4.39 Å². The fourth-order valence-electron chi connectivity index (χ4n) is 2.36. The number of halogens is 1. The van der Waals surface area contributed by atoms with Crippen LogP contribution in [0, 0.1) is 5.82 Å². The van der Waals surface area contributed by atoms with E-state index >= 15 is 0 Å². The molecule has 2 rings (SSSR count). The third-order valence-electron chi connectivity index (χ3n) is 3.58. The molecule has 1 aliphatic rings. The second-order valence-electron chi connectivity index (χ2n) is 5.08. The van der Waals surface area contributed by atoms with Crippen LogP contribution in [0.1, 0.15) is 12.8 Å². The molecule has 0 bridgehead atoms. The summed E-state index contributed by atoms with van der Waals surface area (Å²) in [6.45, 7) is 3.83. The number of nitrogens with two attached hydrogens (primary N) is 1. The van der Waals surface area contributed by atoms with Crippen LogP contribution in [0.15, 0.2) is 23.4 Å². The molecular formula is C13H21FN4O2S. The first-order valence-electron chi connectivity index (χ1n) is 7.07. The molecule has 0 spiro atoms. The van der Waals surface area contributed by atoms with Gasteiger partial charge in [-0.05, 0) is 32.0 Å². The lowest BCUT2D eigenvalue weighted by molar-refractivity contribution is 0.186. The minimum absolute atomic E-state index is 0.0842. The Morgan fingerprint density at radius 2 is 1.90 bits per heavy atom. The second kappa shape index (κ2) is 7.26. The molecule has 8 heteroatoms. The van der Waals surface area contributed by atoms with E-state index in [4.69, 9.17) is 5.73 Å². The number of pyridine rings is 1. The molecule has 0 aliphatic carbocycles. The molecule has 0 radical (unpaired) electrons. The monoisotopic (exact) mass is 316 g/mol. The fraction of sp³-hybridized carbons (Fsp3) is 0.615. The highest BCUT2D eigenvalue weighted by atomic mass is 32.2. The summed E-state index contributed by atoms with van der Waals surface area (Å²) in [5.41, 5.74) is 5.46. The standard InChI is InChI=1S/C13H21FN4O2S/c14-12-9-13(11-16-10-12)21(19,20)18-7-5-17(6-8-18)4-2-1-3-15/h9-11H,1-8,15H2. The Balaban J connectivity index is 1.95. The van der Waals surface area contributed by atoms with E-state index in [2.05, 4.69) is 9.88 Å². The van der Waals surface area contributed by atoms with Crippen molar-refractivity contribution in [3.05, 3.63) is 24.3 Å². The van der Waals surface area contributed by atoms with Gasteiger partial charge in [-0.3, -0.25) is 4.98 Å². The van der Waals surface area contributed by atoms with E-state index in [1.54, 1.807) is 0 Å². The summed E-state index contributed by atoms with van der Waals surface area (Å²) in [7, 11) is -3.65. The number of hydrogen-bond donors (Lipinski definition) is 1. The van der Waals surface area contributed by atoms with Crippen LogP contribution in [0.25, 0.3) is 0 Å². The Kier molecular flexibility index (Phi) is 5.63. The fourth-order valence-corrected chi connectivity index (χ4v) is 3.75. The average Bonchev–Trinajstić information content (AvgIpc) is 2.48. The maximum Gasteiger partial charge on any atom is 0.244 e. The van der Waals surface area contributed by atoms with Crippen molar-refractivity contribution in [3.8, 4) is 0 Å². The number of unbranched alkanes of at least 4 members (excludes halogenated alkanes) is 1. The molecule has 1 saturated heterocycles. The molecule has 1 aromatic heterocycles. The predicted octanol–water partition coefficient (Wildman–Crippen LogP) is 0.266. The van der Waals surface area contributed by atoms with Crippen LogP contribution in [0.5, 0.6) is 0 Å². The third-order valence-corrected chi connectivity index (χ3v) is 5.44. The first-order chi connectivity index (χ1) is 10.0. The lowest BCUT2D eigenvalue weighted by Crippen LogP contribution is -2.48. The van der Waals surface area contributed by atoms with Crippen LogP contribution in [-0.2, 0) is 10.0 Å². The Morgan fingerprint density at radius 3 is 2.52 bits per heavy atom. The zero-order valence-electron chi connectivity index (χ0n) is 11.9. The van der Waals surface area contributed by atoms with Gasteiger partial charge in [-0.1, -0.05) is 0 Å². The number of piperazine rings is 1. The van der Waals surface area contributed by atoms with Gasteiger partial charge in [-0.25, -0.2) is 12.8 Å². The number of nitrogens with zero attached hydrogens (tertiary/aromatic N) is 3. The van der Waals surface area contributed by atoms with E-state index in [0.29, 0.717) is 32.7 Å². The minimum Gasteiger partial charge on any atom is -0.330 e. The van der Waals surface area contributed by atoms with E-state index in [-0.39, 0.29) is 4.90 Å². The van der Waals surface area contributed by atoms with Gasteiger partial charge in [0.15, 0.2) is 0 Å². The number of rotatable bonds is 6. The predicted molar refractivity (Wildman–Crippen MR) is 77.7 cm³/mol. The van der Waals surface area contributed by atoms with Gasteiger partial charge in [-0.2, -0.15) is 4.31 Å². The number of aromatic nitrogens is 1. The molecule has 0 saturated carbocycles. The van der Waals surface area contributed by atoms with Gasteiger partial charge in [0.1, 0.15) is 10.7 Å². The van der Waals surface area contributed by atoms with Gasteiger partial charge < -0.3 is 10.6 Å². The van der Waals surface area contributed by atoms with Crippen molar-refractivity contribution >= 4 is 10.0 Å².